The van der Waals surface area contributed by atoms with Crippen LogP contribution in [0, 0.1) is 19.8 Å². The van der Waals surface area contributed by atoms with Crippen molar-refractivity contribution in [3.05, 3.63) is 59.2 Å². The van der Waals surface area contributed by atoms with E-state index in [0.29, 0.717) is 24.1 Å². The molecular formula is C23H28N2O5S. The summed E-state index contributed by atoms with van der Waals surface area (Å²) in [6.45, 7) is 6.42. The molecule has 0 unspecified atom stereocenters. The third-order valence-electron chi connectivity index (χ3n) is 5.58. The zero-order valence-electron chi connectivity index (χ0n) is 18.1. The summed E-state index contributed by atoms with van der Waals surface area (Å²) >= 11 is 0. The third kappa shape index (κ3) is 5.32. The van der Waals surface area contributed by atoms with Crippen molar-refractivity contribution >= 4 is 27.6 Å². The van der Waals surface area contributed by atoms with Crippen LogP contribution in [0.25, 0.3) is 0 Å². The molecule has 8 heteroatoms. The molecule has 1 aliphatic rings. The summed E-state index contributed by atoms with van der Waals surface area (Å²) in [6.07, 6.45) is 0.876. The van der Waals surface area contributed by atoms with Gasteiger partial charge in [0.05, 0.1) is 17.1 Å². The maximum atomic E-state index is 13.0. The largest absolute Gasteiger partial charge is 0.462 e. The molecule has 0 spiro atoms. The minimum Gasteiger partial charge on any atom is -0.462 e. The molecule has 2 aromatic carbocycles. The first kappa shape index (κ1) is 23.0. The van der Waals surface area contributed by atoms with Gasteiger partial charge in [-0.25, -0.2) is 13.2 Å². The van der Waals surface area contributed by atoms with E-state index in [4.69, 9.17) is 4.74 Å². The van der Waals surface area contributed by atoms with E-state index in [1.807, 2.05) is 19.9 Å². The van der Waals surface area contributed by atoms with Crippen molar-refractivity contribution in [2.45, 2.75) is 38.5 Å². The molecule has 1 fully saturated rings. The normalized spacial score (nSPS) is 15.5. The monoisotopic (exact) mass is 444 g/mol. The van der Waals surface area contributed by atoms with Gasteiger partial charge in [-0.1, -0.05) is 12.1 Å². The number of aryl methyl sites for hydroxylation is 2. The van der Waals surface area contributed by atoms with E-state index < -0.39 is 16.0 Å². The lowest BCUT2D eigenvalue weighted by atomic mass is 9.97. The smallest absolute Gasteiger partial charge is 0.338 e. The number of amides is 1. The number of nitrogens with one attached hydrogen (secondary N) is 1. The second kappa shape index (κ2) is 9.62. The molecule has 0 aromatic heterocycles. The number of anilines is 1. The Morgan fingerprint density at radius 1 is 1.06 bits per heavy atom. The molecular weight excluding hydrogens is 416 g/mol. The van der Waals surface area contributed by atoms with Gasteiger partial charge in [-0.05, 0) is 75.1 Å². The Labute approximate surface area is 183 Å². The van der Waals surface area contributed by atoms with E-state index in [9.17, 15) is 18.0 Å². The first-order valence-corrected chi connectivity index (χ1v) is 11.8. The van der Waals surface area contributed by atoms with Crippen molar-refractivity contribution in [2.24, 2.45) is 5.92 Å². The number of piperidine rings is 1. The van der Waals surface area contributed by atoms with Crippen LogP contribution in [0.3, 0.4) is 0 Å². The van der Waals surface area contributed by atoms with Gasteiger partial charge in [0.15, 0.2) is 0 Å². The molecule has 0 aliphatic carbocycles. The van der Waals surface area contributed by atoms with Crippen LogP contribution in [0.15, 0.2) is 47.4 Å². The van der Waals surface area contributed by atoms with Crippen LogP contribution < -0.4 is 5.32 Å². The summed E-state index contributed by atoms with van der Waals surface area (Å²) in [4.78, 5) is 24.8. The molecule has 0 radical (unpaired) electrons. The Morgan fingerprint density at radius 3 is 2.42 bits per heavy atom. The number of benzene rings is 2. The Kier molecular flexibility index (Phi) is 7.12. The maximum Gasteiger partial charge on any atom is 0.338 e. The van der Waals surface area contributed by atoms with Crippen LogP contribution >= 0.6 is 0 Å². The minimum atomic E-state index is -3.58. The third-order valence-corrected chi connectivity index (χ3v) is 7.48. The number of carbonyl (C=O) groups is 2. The van der Waals surface area contributed by atoms with E-state index in [1.54, 1.807) is 43.3 Å². The number of carbonyl (C=O) groups excluding carboxylic acids is 2. The van der Waals surface area contributed by atoms with Crippen molar-refractivity contribution < 1.29 is 22.7 Å². The average Bonchev–Trinajstić information content (AvgIpc) is 2.76. The molecule has 3 rings (SSSR count). The maximum absolute atomic E-state index is 13.0. The Hall–Kier alpha value is -2.71. The Bertz CT molecular complexity index is 1070. The molecule has 0 saturated carbocycles. The Balaban J connectivity index is 1.61. The van der Waals surface area contributed by atoms with E-state index in [2.05, 4.69) is 5.32 Å². The number of rotatable bonds is 6. The van der Waals surface area contributed by atoms with Gasteiger partial charge in [-0.3, -0.25) is 4.79 Å². The number of esters is 1. The standard InChI is InChI=1S/C23H28N2O5S/c1-4-30-23(27)19-6-5-7-20(15-19)24-22(26)18-10-12-25(13-11-18)31(28,29)21-9-8-16(2)17(3)14-21/h5-9,14-15,18H,4,10-13H2,1-3H3,(H,24,26). The van der Waals surface area contributed by atoms with Gasteiger partial charge in [-0.2, -0.15) is 4.31 Å². The molecule has 2 aromatic rings. The van der Waals surface area contributed by atoms with Gasteiger partial charge in [0.25, 0.3) is 0 Å². The molecule has 1 aliphatic heterocycles. The molecule has 0 atom stereocenters. The number of hydrogen-bond donors (Lipinski definition) is 1. The first-order chi connectivity index (χ1) is 14.7. The summed E-state index contributed by atoms with van der Waals surface area (Å²) in [5.41, 5.74) is 2.86. The van der Waals surface area contributed by atoms with E-state index in [-0.39, 0.29) is 36.4 Å². The first-order valence-electron chi connectivity index (χ1n) is 10.4. The molecule has 31 heavy (non-hydrogen) atoms. The van der Waals surface area contributed by atoms with Crippen LogP contribution in [0.2, 0.25) is 0 Å². The zero-order valence-corrected chi connectivity index (χ0v) is 18.9. The van der Waals surface area contributed by atoms with Crippen LogP contribution in [-0.4, -0.2) is 44.3 Å². The topological polar surface area (TPSA) is 92.8 Å². The van der Waals surface area contributed by atoms with Gasteiger partial charge >= 0.3 is 5.97 Å². The molecule has 166 valence electrons. The van der Waals surface area contributed by atoms with Gasteiger partial charge in [0.1, 0.15) is 0 Å². The van der Waals surface area contributed by atoms with Crippen molar-refractivity contribution in [2.75, 3.05) is 25.0 Å². The molecule has 1 amide bonds. The van der Waals surface area contributed by atoms with E-state index in [1.165, 1.54) is 4.31 Å². The van der Waals surface area contributed by atoms with Crippen LogP contribution in [0.4, 0.5) is 5.69 Å². The van der Waals surface area contributed by atoms with Crippen molar-refractivity contribution in [3.8, 4) is 0 Å². The predicted molar refractivity (Wildman–Crippen MR) is 118 cm³/mol. The summed E-state index contributed by atoms with van der Waals surface area (Å²) < 4.78 is 32.3. The number of nitrogens with zero attached hydrogens (tertiary/aromatic N) is 1. The van der Waals surface area contributed by atoms with Gasteiger partial charge in [-0.15, -0.1) is 0 Å². The highest BCUT2D eigenvalue weighted by Crippen LogP contribution is 2.26. The summed E-state index contributed by atoms with van der Waals surface area (Å²) in [6, 6.07) is 11.7. The van der Waals surface area contributed by atoms with Crippen molar-refractivity contribution in [1.82, 2.24) is 4.31 Å². The highest BCUT2D eigenvalue weighted by molar-refractivity contribution is 7.89. The SMILES string of the molecule is CCOC(=O)c1cccc(NC(=O)C2CCN(S(=O)(=O)c3ccc(C)c(C)c3)CC2)c1. The summed E-state index contributed by atoms with van der Waals surface area (Å²) in [5, 5.41) is 2.83. The number of hydrogen-bond acceptors (Lipinski definition) is 5. The molecule has 1 heterocycles. The number of ether oxygens (including phenoxy) is 1. The fourth-order valence-electron chi connectivity index (χ4n) is 3.56. The van der Waals surface area contributed by atoms with Crippen molar-refractivity contribution in [1.29, 1.82) is 0 Å². The fourth-order valence-corrected chi connectivity index (χ4v) is 5.12. The van der Waals surface area contributed by atoms with Gasteiger partial charge < -0.3 is 10.1 Å². The van der Waals surface area contributed by atoms with Crippen molar-refractivity contribution in [3.63, 3.8) is 0 Å². The van der Waals surface area contributed by atoms with Gasteiger partial charge in [0.2, 0.25) is 15.9 Å². The molecule has 7 nitrogen and oxygen atoms in total. The minimum absolute atomic E-state index is 0.177. The van der Waals surface area contributed by atoms with Crippen LogP contribution in [0.5, 0.6) is 0 Å². The highest BCUT2D eigenvalue weighted by Gasteiger charge is 2.32. The number of sulfonamides is 1. The summed E-state index contributed by atoms with van der Waals surface area (Å²) in [5.74, 6) is -0.912. The quantitative estimate of drug-likeness (QED) is 0.688. The lowest BCUT2D eigenvalue weighted by molar-refractivity contribution is -0.120. The lowest BCUT2D eigenvalue weighted by Gasteiger charge is -2.30. The highest BCUT2D eigenvalue weighted by atomic mass is 32.2. The van der Waals surface area contributed by atoms with E-state index in [0.717, 1.165) is 11.1 Å². The fraction of sp³-hybridized carbons (Fsp3) is 0.391. The Morgan fingerprint density at radius 2 is 1.77 bits per heavy atom. The zero-order chi connectivity index (χ0) is 22.6. The molecule has 1 saturated heterocycles. The second-order valence-electron chi connectivity index (χ2n) is 7.71. The summed E-state index contributed by atoms with van der Waals surface area (Å²) in [7, 11) is -3.58. The van der Waals surface area contributed by atoms with Crippen LogP contribution in [0.1, 0.15) is 41.3 Å². The lowest BCUT2D eigenvalue weighted by Crippen LogP contribution is -2.41. The van der Waals surface area contributed by atoms with Crippen LogP contribution in [-0.2, 0) is 19.6 Å². The van der Waals surface area contributed by atoms with Gasteiger partial charge in [0, 0.05) is 24.7 Å². The predicted octanol–water partition coefficient (Wildman–Crippen LogP) is 3.52. The molecule has 1 N–H and O–H groups in total. The van der Waals surface area contributed by atoms with E-state index >= 15 is 0 Å². The second-order valence-corrected chi connectivity index (χ2v) is 9.65. The molecule has 0 bridgehead atoms. The average molecular weight is 445 g/mol.